The average molecular weight is 345 g/mol. The third-order valence-electron chi connectivity index (χ3n) is 2.86. The molecule has 1 atom stereocenters. The molecular weight excluding hydrogens is 328 g/mol. The molecule has 0 saturated heterocycles. The number of hydrogen-bond acceptors (Lipinski definition) is 3. The molecule has 0 fully saturated rings. The molecule has 132 valence electrons. The van der Waals surface area contributed by atoms with Gasteiger partial charge in [-0.1, -0.05) is 20.8 Å². The molecule has 1 rings (SSSR count). The van der Waals surface area contributed by atoms with Crippen molar-refractivity contribution in [2.24, 2.45) is 5.41 Å². The molecule has 0 aliphatic rings. The van der Waals surface area contributed by atoms with Crippen molar-refractivity contribution in [3.63, 3.8) is 0 Å². The van der Waals surface area contributed by atoms with E-state index < -0.39 is 35.7 Å². The zero-order valence-electron chi connectivity index (χ0n) is 12.9. The van der Waals surface area contributed by atoms with Gasteiger partial charge in [0.1, 0.15) is 11.5 Å². The van der Waals surface area contributed by atoms with E-state index in [1.165, 1.54) is 0 Å². The van der Waals surface area contributed by atoms with Crippen molar-refractivity contribution in [2.45, 2.75) is 39.5 Å². The van der Waals surface area contributed by atoms with E-state index in [4.69, 9.17) is 0 Å². The molecular formula is C14H17F6NO2. The molecule has 0 bridgehead atoms. The van der Waals surface area contributed by atoms with Crippen LogP contribution in [0.3, 0.4) is 0 Å². The Morgan fingerprint density at radius 1 is 0.826 bits per heavy atom. The van der Waals surface area contributed by atoms with Crippen molar-refractivity contribution >= 4 is 0 Å². The fourth-order valence-corrected chi connectivity index (χ4v) is 2.25. The summed E-state index contributed by atoms with van der Waals surface area (Å²) in [6, 6.07) is 2.08. The molecule has 0 saturated carbocycles. The van der Waals surface area contributed by atoms with E-state index in [1.54, 1.807) is 27.8 Å². The van der Waals surface area contributed by atoms with Crippen LogP contribution in [0, 0.1) is 5.41 Å². The van der Waals surface area contributed by atoms with Gasteiger partial charge in [0.15, 0.2) is 0 Å². The summed E-state index contributed by atoms with van der Waals surface area (Å²) in [6.45, 7) is 5.36. The first-order valence-electron chi connectivity index (χ1n) is 6.55. The first-order chi connectivity index (χ1) is 10.2. The van der Waals surface area contributed by atoms with Crippen LogP contribution in [0.15, 0.2) is 18.2 Å². The molecule has 0 aliphatic carbocycles. The lowest BCUT2D eigenvalue weighted by Gasteiger charge is -2.31. The Labute approximate surface area is 129 Å². The van der Waals surface area contributed by atoms with E-state index in [9.17, 15) is 26.3 Å². The minimum absolute atomic E-state index is 0.181. The first kappa shape index (κ1) is 19.4. The highest BCUT2D eigenvalue weighted by Gasteiger charge is 2.35. The van der Waals surface area contributed by atoms with E-state index in [0.717, 1.165) is 12.1 Å². The minimum Gasteiger partial charge on any atom is -0.406 e. The number of benzene rings is 1. The molecule has 1 N–H and O–H groups in total. The second-order valence-electron chi connectivity index (χ2n) is 5.92. The first-order valence-corrected chi connectivity index (χ1v) is 6.55. The summed E-state index contributed by atoms with van der Waals surface area (Å²) in [4.78, 5) is 0. The Morgan fingerprint density at radius 2 is 1.22 bits per heavy atom. The number of nitrogens with one attached hydrogen (secondary N) is 1. The van der Waals surface area contributed by atoms with Crippen LogP contribution >= 0.6 is 0 Å². The van der Waals surface area contributed by atoms with E-state index in [0.29, 0.717) is 6.07 Å². The van der Waals surface area contributed by atoms with Crippen molar-refractivity contribution in [3.05, 3.63) is 23.8 Å². The van der Waals surface area contributed by atoms with Crippen LogP contribution in [0.25, 0.3) is 0 Å². The van der Waals surface area contributed by atoms with Gasteiger partial charge in [-0.2, -0.15) is 0 Å². The smallest absolute Gasteiger partial charge is 0.406 e. The Morgan fingerprint density at radius 3 is 1.48 bits per heavy atom. The lowest BCUT2D eigenvalue weighted by Crippen LogP contribution is -2.30. The number of rotatable bonds is 4. The van der Waals surface area contributed by atoms with Gasteiger partial charge >= 0.3 is 12.7 Å². The Balaban J connectivity index is 3.33. The third-order valence-corrected chi connectivity index (χ3v) is 2.86. The molecule has 0 aromatic heterocycles. The van der Waals surface area contributed by atoms with Crippen LogP contribution in [-0.2, 0) is 0 Å². The summed E-state index contributed by atoms with van der Waals surface area (Å²) in [5, 5.41) is 2.86. The van der Waals surface area contributed by atoms with Gasteiger partial charge in [0.25, 0.3) is 0 Å². The quantitative estimate of drug-likeness (QED) is 0.796. The highest BCUT2D eigenvalue weighted by Crippen LogP contribution is 2.38. The molecule has 0 radical (unpaired) electrons. The van der Waals surface area contributed by atoms with Gasteiger partial charge in [-0.25, -0.2) is 0 Å². The highest BCUT2D eigenvalue weighted by molar-refractivity contribution is 5.40. The van der Waals surface area contributed by atoms with Crippen LogP contribution in [0.1, 0.15) is 32.4 Å². The monoisotopic (exact) mass is 345 g/mol. The van der Waals surface area contributed by atoms with Gasteiger partial charge < -0.3 is 14.8 Å². The van der Waals surface area contributed by atoms with Crippen LogP contribution in [-0.4, -0.2) is 19.8 Å². The van der Waals surface area contributed by atoms with Gasteiger partial charge in [-0.15, -0.1) is 26.3 Å². The van der Waals surface area contributed by atoms with E-state index in [1.807, 2.05) is 0 Å². The van der Waals surface area contributed by atoms with Crippen molar-refractivity contribution < 1.29 is 35.8 Å². The normalized spacial score (nSPS) is 14.5. The van der Waals surface area contributed by atoms with Crippen molar-refractivity contribution in [3.8, 4) is 11.5 Å². The van der Waals surface area contributed by atoms with Gasteiger partial charge in [-0.05, 0) is 30.2 Å². The Kier molecular flexibility index (Phi) is 5.45. The SMILES string of the molecule is CNC(c1cc(OC(F)(F)F)cc(OC(F)(F)F)c1)C(C)(C)C. The maximum absolute atomic E-state index is 12.4. The topological polar surface area (TPSA) is 30.5 Å². The molecule has 0 amide bonds. The number of alkyl halides is 6. The predicted octanol–water partition coefficient (Wildman–Crippen LogP) is 4.79. The maximum atomic E-state index is 12.4. The lowest BCUT2D eigenvalue weighted by molar-refractivity contribution is -0.276. The Bertz CT molecular complexity index is 499. The fourth-order valence-electron chi connectivity index (χ4n) is 2.25. The second kappa shape index (κ2) is 6.46. The summed E-state index contributed by atoms with van der Waals surface area (Å²) in [5.41, 5.74) is -0.290. The number of ether oxygens (including phenoxy) is 2. The summed E-state index contributed by atoms with van der Waals surface area (Å²) in [5.74, 6) is -1.56. The van der Waals surface area contributed by atoms with Crippen LogP contribution in [0.2, 0.25) is 0 Å². The summed E-state index contributed by atoms with van der Waals surface area (Å²) >= 11 is 0. The van der Waals surface area contributed by atoms with Crippen LogP contribution in [0.5, 0.6) is 11.5 Å². The highest BCUT2D eigenvalue weighted by atomic mass is 19.4. The van der Waals surface area contributed by atoms with Crippen LogP contribution < -0.4 is 14.8 Å². The molecule has 3 nitrogen and oxygen atoms in total. The van der Waals surface area contributed by atoms with Gasteiger partial charge in [0, 0.05) is 12.1 Å². The zero-order chi connectivity index (χ0) is 18.1. The summed E-state index contributed by atoms with van der Waals surface area (Å²) in [7, 11) is 1.55. The minimum atomic E-state index is -5.02. The largest absolute Gasteiger partial charge is 0.573 e. The van der Waals surface area contributed by atoms with Crippen molar-refractivity contribution in [2.75, 3.05) is 7.05 Å². The standard InChI is InChI=1S/C14H17F6NO2/c1-12(2,3)11(21-4)8-5-9(22-13(15,16)17)7-10(6-8)23-14(18,19)20/h5-7,11,21H,1-4H3. The third kappa shape index (κ3) is 6.55. The molecule has 1 aromatic carbocycles. The van der Waals surface area contributed by atoms with E-state index in [2.05, 4.69) is 14.8 Å². The fraction of sp³-hybridized carbons (Fsp3) is 0.571. The number of hydrogen-bond donors (Lipinski definition) is 1. The maximum Gasteiger partial charge on any atom is 0.573 e. The summed E-state index contributed by atoms with van der Waals surface area (Å²) < 4.78 is 81.6. The van der Waals surface area contributed by atoms with Gasteiger partial charge in [-0.3, -0.25) is 0 Å². The number of halogens is 6. The molecule has 0 heterocycles. The zero-order valence-corrected chi connectivity index (χ0v) is 12.9. The van der Waals surface area contributed by atoms with E-state index in [-0.39, 0.29) is 5.56 Å². The van der Waals surface area contributed by atoms with Gasteiger partial charge in [0.2, 0.25) is 0 Å². The predicted molar refractivity (Wildman–Crippen MR) is 71.1 cm³/mol. The molecule has 1 unspecified atom stereocenters. The molecule has 0 spiro atoms. The van der Waals surface area contributed by atoms with Gasteiger partial charge in [0.05, 0.1) is 0 Å². The molecule has 1 aromatic rings. The van der Waals surface area contributed by atoms with Crippen molar-refractivity contribution in [1.82, 2.24) is 5.32 Å². The lowest BCUT2D eigenvalue weighted by atomic mass is 9.82. The molecule has 23 heavy (non-hydrogen) atoms. The van der Waals surface area contributed by atoms with E-state index >= 15 is 0 Å². The Hall–Kier alpha value is -1.64. The van der Waals surface area contributed by atoms with Crippen molar-refractivity contribution in [1.29, 1.82) is 0 Å². The average Bonchev–Trinajstić information content (AvgIpc) is 2.21. The molecule has 9 heteroatoms. The second-order valence-corrected chi connectivity index (χ2v) is 5.92. The summed E-state index contributed by atoms with van der Waals surface area (Å²) in [6.07, 6.45) is -10.0. The van der Waals surface area contributed by atoms with Crippen LogP contribution in [0.4, 0.5) is 26.3 Å². The molecule has 0 aliphatic heterocycles.